The Morgan fingerprint density at radius 1 is 1.29 bits per heavy atom. The first-order chi connectivity index (χ1) is 11.3. The number of nitrogens with one attached hydrogen (secondary N) is 1. The Morgan fingerprint density at radius 2 is 1.96 bits per heavy atom. The maximum atomic E-state index is 12.5. The zero-order valence-electron chi connectivity index (χ0n) is 14.6. The van der Waals surface area contributed by atoms with E-state index in [1.807, 2.05) is 13.8 Å². The van der Waals surface area contributed by atoms with E-state index in [-0.39, 0.29) is 30.4 Å². The molecule has 1 heterocycles. The van der Waals surface area contributed by atoms with Crippen LogP contribution in [0.25, 0.3) is 0 Å². The second kappa shape index (κ2) is 9.17. The van der Waals surface area contributed by atoms with Crippen LogP contribution in [0.15, 0.2) is 10.6 Å². The van der Waals surface area contributed by atoms with E-state index in [4.69, 9.17) is 14.0 Å². The molecule has 0 aliphatic rings. The van der Waals surface area contributed by atoms with Crippen molar-refractivity contribution in [2.75, 3.05) is 20.8 Å². The van der Waals surface area contributed by atoms with Crippen molar-refractivity contribution in [2.24, 2.45) is 11.8 Å². The van der Waals surface area contributed by atoms with Crippen LogP contribution in [-0.4, -0.2) is 49.7 Å². The minimum absolute atomic E-state index is 0.00655. The lowest BCUT2D eigenvalue weighted by Gasteiger charge is -2.21. The van der Waals surface area contributed by atoms with Crippen molar-refractivity contribution < 1.29 is 28.4 Å². The van der Waals surface area contributed by atoms with Gasteiger partial charge in [-0.25, -0.2) is 0 Å². The van der Waals surface area contributed by atoms with Gasteiger partial charge in [0.15, 0.2) is 11.5 Å². The third-order valence-corrected chi connectivity index (χ3v) is 3.62. The van der Waals surface area contributed by atoms with Crippen LogP contribution >= 0.6 is 0 Å². The van der Waals surface area contributed by atoms with Crippen LogP contribution < -0.4 is 5.32 Å². The van der Waals surface area contributed by atoms with Gasteiger partial charge >= 0.3 is 5.97 Å². The number of ether oxygens (including phenoxy) is 2. The molecular weight excluding hydrogens is 316 g/mol. The number of hydrogen-bond donors (Lipinski definition) is 1. The third kappa shape index (κ3) is 5.45. The average Bonchev–Trinajstić information content (AvgIpc) is 2.97. The van der Waals surface area contributed by atoms with Gasteiger partial charge in [-0.3, -0.25) is 14.4 Å². The SMILES string of the molecule is COC[C@H](NC(=O)c1cc(C)on1)C(=O)C[C@H](C(=O)OC)C(C)C. The molecule has 0 aliphatic heterocycles. The quantitative estimate of drug-likeness (QED) is 0.671. The number of hydrogen-bond acceptors (Lipinski definition) is 7. The smallest absolute Gasteiger partial charge is 0.309 e. The summed E-state index contributed by atoms with van der Waals surface area (Å²) >= 11 is 0. The van der Waals surface area contributed by atoms with E-state index < -0.39 is 23.8 Å². The predicted molar refractivity (Wildman–Crippen MR) is 84.3 cm³/mol. The molecule has 0 radical (unpaired) electrons. The van der Waals surface area contributed by atoms with E-state index in [1.165, 1.54) is 20.3 Å². The highest BCUT2D eigenvalue weighted by Gasteiger charge is 2.30. The number of nitrogens with zero attached hydrogens (tertiary/aromatic N) is 1. The fourth-order valence-electron chi connectivity index (χ4n) is 2.19. The standard InChI is InChI=1S/C16H24N2O6/c1-9(2)11(16(21)23-5)7-14(19)13(8-22-4)17-15(20)12-6-10(3)24-18-12/h6,9,11,13H,7-8H2,1-5H3,(H,17,20)/t11-,13-/m0/s1. The van der Waals surface area contributed by atoms with Crippen molar-refractivity contribution in [1.29, 1.82) is 0 Å². The van der Waals surface area contributed by atoms with Gasteiger partial charge in [-0.2, -0.15) is 0 Å². The topological polar surface area (TPSA) is 108 Å². The van der Waals surface area contributed by atoms with Crippen molar-refractivity contribution in [2.45, 2.75) is 33.2 Å². The van der Waals surface area contributed by atoms with Gasteiger partial charge in [-0.05, 0) is 12.8 Å². The lowest BCUT2D eigenvalue weighted by molar-refractivity contribution is -0.149. The monoisotopic (exact) mass is 340 g/mol. The first-order valence-electron chi connectivity index (χ1n) is 7.63. The van der Waals surface area contributed by atoms with Gasteiger partial charge in [0, 0.05) is 19.6 Å². The molecule has 1 N–H and O–H groups in total. The van der Waals surface area contributed by atoms with E-state index >= 15 is 0 Å². The minimum atomic E-state index is -0.884. The van der Waals surface area contributed by atoms with Crippen LogP contribution in [0, 0.1) is 18.8 Å². The van der Waals surface area contributed by atoms with Crippen LogP contribution in [0.4, 0.5) is 0 Å². The predicted octanol–water partition coefficient (Wildman–Crippen LogP) is 1.13. The van der Waals surface area contributed by atoms with E-state index in [0.717, 1.165) is 0 Å². The molecule has 8 heteroatoms. The molecule has 0 saturated carbocycles. The first-order valence-corrected chi connectivity index (χ1v) is 7.63. The van der Waals surface area contributed by atoms with E-state index in [1.54, 1.807) is 6.92 Å². The van der Waals surface area contributed by atoms with Gasteiger partial charge in [-0.15, -0.1) is 0 Å². The van der Waals surface area contributed by atoms with Crippen molar-refractivity contribution in [3.05, 3.63) is 17.5 Å². The molecular formula is C16H24N2O6. The highest BCUT2D eigenvalue weighted by atomic mass is 16.5. The fourth-order valence-corrected chi connectivity index (χ4v) is 2.19. The largest absolute Gasteiger partial charge is 0.469 e. The Morgan fingerprint density at radius 3 is 2.42 bits per heavy atom. The van der Waals surface area contributed by atoms with Crippen LogP contribution in [-0.2, 0) is 19.1 Å². The normalized spacial score (nSPS) is 13.4. The highest BCUT2D eigenvalue weighted by molar-refractivity contribution is 5.97. The number of carbonyl (C=O) groups excluding carboxylic acids is 3. The molecule has 8 nitrogen and oxygen atoms in total. The van der Waals surface area contributed by atoms with Crippen LogP contribution in [0.1, 0.15) is 36.5 Å². The number of rotatable bonds is 9. The Bertz CT molecular complexity index is 581. The van der Waals surface area contributed by atoms with Crippen molar-refractivity contribution in [3.63, 3.8) is 0 Å². The van der Waals surface area contributed by atoms with Gasteiger partial charge in [0.2, 0.25) is 0 Å². The summed E-state index contributed by atoms with van der Waals surface area (Å²) in [5.74, 6) is -1.46. The molecule has 1 aromatic heterocycles. The number of esters is 1. The van der Waals surface area contributed by atoms with Gasteiger partial charge in [-0.1, -0.05) is 19.0 Å². The molecule has 0 unspecified atom stereocenters. The summed E-state index contributed by atoms with van der Waals surface area (Å²) in [6, 6.07) is 0.583. The Balaban J connectivity index is 2.80. The summed E-state index contributed by atoms with van der Waals surface area (Å²) in [7, 11) is 2.70. The summed E-state index contributed by atoms with van der Waals surface area (Å²) in [6.07, 6.45) is -0.0451. The first kappa shape index (κ1) is 19.8. The summed E-state index contributed by atoms with van der Waals surface area (Å²) in [5, 5.41) is 6.17. The fraction of sp³-hybridized carbons (Fsp3) is 0.625. The number of aromatic nitrogens is 1. The lowest BCUT2D eigenvalue weighted by Crippen LogP contribution is -2.45. The van der Waals surface area contributed by atoms with Crippen molar-refractivity contribution in [1.82, 2.24) is 10.5 Å². The zero-order chi connectivity index (χ0) is 18.3. The van der Waals surface area contributed by atoms with Crippen molar-refractivity contribution in [3.8, 4) is 0 Å². The molecule has 1 aromatic rings. The number of ketones is 1. The van der Waals surface area contributed by atoms with Gasteiger partial charge in [0.05, 0.1) is 19.6 Å². The zero-order valence-corrected chi connectivity index (χ0v) is 14.6. The summed E-state index contributed by atoms with van der Waals surface area (Å²) < 4.78 is 14.6. The van der Waals surface area contributed by atoms with Gasteiger partial charge < -0.3 is 19.3 Å². The summed E-state index contributed by atoms with van der Waals surface area (Å²) in [4.78, 5) is 36.4. The number of amides is 1. The second-order valence-electron chi connectivity index (χ2n) is 5.85. The second-order valence-corrected chi connectivity index (χ2v) is 5.85. The molecule has 24 heavy (non-hydrogen) atoms. The average molecular weight is 340 g/mol. The molecule has 1 rings (SSSR count). The minimum Gasteiger partial charge on any atom is -0.469 e. The lowest BCUT2D eigenvalue weighted by atomic mass is 9.89. The Kier molecular flexibility index (Phi) is 7.57. The molecule has 0 spiro atoms. The van der Waals surface area contributed by atoms with Gasteiger partial charge in [0.25, 0.3) is 5.91 Å². The molecule has 134 valence electrons. The van der Waals surface area contributed by atoms with E-state index in [2.05, 4.69) is 10.5 Å². The Labute approximate surface area is 140 Å². The molecule has 0 fully saturated rings. The maximum Gasteiger partial charge on any atom is 0.309 e. The number of aryl methyl sites for hydroxylation is 1. The maximum absolute atomic E-state index is 12.5. The van der Waals surface area contributed by atoms with Crippen LogP contribution in [0.5, 0.6) is 0 Å². The molecule has 1 amide bonds. The summed E-state index contributed by atoms with van der Waals surface area (Å²) in [6.45, 7) is 5.31. The molecule has 0 aliphatic carbocycles. The number of Topliss-reactive ketones (excluding diaryl/α,β-unsaturated/α-hetero) is 1. The number of carbonyl (C=O) groups is 3. The van der Waals surface area contributed by atoms with Crippen molar-refractivity contribution >= 4 is 17.7 Å². The van der Waals surface area contributed by atoms with E-state index in [9.17, 15) is 14.4 Å². The molecule has 0 aromatic carbocycles. The van der Waals surface area contributed by atoms with Crippen LogP contribution in [0.3, 0.4) is 0 Å². The molecule has 0 saturated heterocycles. The van der Waals surface area contributed by atoms with Gasteiger partial charge in [0.1, 0.15) is 11.8 Å². The summed E-state index contributed by atoms with van der Waals surface area (Å²) in [5.41, 5.74) is 0.0785. The van der Waals surface area contributed by atoms with E-state index in [0.29, 0.717) is 5.76 Å². The number of methoxy groups -OCH3 is 2. The third-order valence-electron chi connectivity index (χ3n) is 3.62. The Hall–Kier alpha value is -2.22. The highest BCUT2D eigenvalue weighted by Crippen LogP contribution is 2.18. The van der Waals surface area contributed by atoms with Crippen LogP contribution in [0.2, 0.25) is 0 Å². The molecule has 0 bridgehead atoms. The molecule has 2 atom stereocenters.